The lowest BCUT2D eigenvalue weighted by atomic mass is 10.0. The SMILES string of the molecule is CC(=O)N(C)C1CCN(c2cc(C(C)C)ncn2)CC1. The van der Waals surface area contributed by atoms with Gasteiger partial charge in [0.1, 0.15) is 12.1 Å². The van der Waals surface area contributed by atoms with Crippen LogP contribution in [-0.2, 0) is 4.79 Å². The maximum atomic E-state index is 11.4. The van der Waals surface area contributed by atoms with Crippen LogP contribution in [0.2, 0.25) is 0 Å². The van der Waals surface area contributed by atoms with Gasteiger partial charge in [-0.2, -0.15) is 0 Å². The van der Waals surface area contributed by atoms with Crippen LogP contribution in [0.15, 0.2) is 12.4 Å². The van der Waals surface area contributed by atoms with E-state index in [9.17, 15) is 4.79 Å². The molecule has 5 nitrogen and oxygen atoms in total. The minimum Gasteiger partial charge on any atom is -0.356 e. The molecule has 1 aliphatic heterocycles. The average molecular weight is 276 g/mol. The van der Waals surface area contributed by atoms with E-state index in [1.165, 1.54) is 0 Å². The summed E-state index contributed by atoms with van der Waals surface area (Å²) in [6.07, 6.45) is 3.65. The third-order valence-corrected chi connectivity index (χ3v) is 4.10. The van der Waals surface area contributed by atoms with Gasteiger partial charge in [0.05, 0.1) is 0 Å². The van der Waals surface area contributed by atoms with Crippen molar-refractivity contribution >= 4 is 11.7 Å². The first-order valence-electron chi connectivity index (χ1n) is 7.29. The van der Waals surface area contributed by atoms with Crippen molar-refractivity contribution in [2.75, 3.05) is 25.0 Å². The molecule has 5 heteroatoms. The van der Waals surface area contributed by atoms with Crippen molar-refractivity contribution in [3.05, 3.63) is 18.1 Å². The van der Waals surface area contributed by atoms with Crippen LogP contribution < -0.4 is 4.90 Å². The lowest BCUT2D eigenvalue weighted by molar-refractivity contribution is -0.129. The van der Waals surface area contributed by atoms with Crippen molar-refractivity contribution in [2.24, 2.45) is 0 Å². The number of carbonyl (C=O) groups excluding carboxylic acids is 1. The summed E-state index contributed by atoms with van der Waals surface area (Å²) in [6, 6.07) is 2.44. The minimum absolute atomic E-state index is 0.146. The molecule has 110 valence electrons. The lowest BCUT2D eigenvalue weighted by Gasteiger charge is -2.37. The van der Waals surface area contributed by atoms with E-state index in [4.69, 9.17) is 0 Å². The number of carbonyl (C=O) groups is 1. The molecule has 1 amide bonds. The summed E-state index contributed by atoms with van der Waals surface area (Å²) in [5, 5.41) is 0. The van der Waals surface area contributed by atoms with Crippen LogP contribution in [0.5, 0.6) is 0 Å². The molecule has 1 saturated heterocycles. The van der Waals surface area contributed by atoms with E-state index in [1.54, 1.807) is 13.3 Å². The fourth-order valence-corrected chi connectivity index (χ4v) is 2.59. The van der Waals surface area contributed by atoms with E-state index < -0.39 is 0 Å². The van der Waals surface area contributed by atoms with Gasteiger partial charge in [0.2, 0.25) is 5.91 Å². The second-order valence-corrected chi connectivity index (χ2v) is 5.80. The molecule has 20 heavy (non-hydrogen) atoms. The molecule has 2 heterocycles. The summed E-state index contributed by atoms with van der Waals surface area (Å²) in [4.78, 5) is 24.2. The molecular weight excluding hydrogens is 252 g/mol. The van der Waals surface area contributed by atoms with Gasteiger partial charge in [0.25, 0.3) is 0 Å². The van der Waals surface area contributed by atoms with Gasteiger partial charge in [-0.1, -0.05) is 13.8 Å². The summed E-state index contributed by atoms with van der Waals surface area (Å²) in [6.45, 7) is 7.79. The Kier molecular flexibility index (Phi) is 4.57. The zero-order valence-corrected chi connectivity index (χ0v) is 12.8. The molecule has 0 unspecified atom stereocenters. The predicted molar refractivity (Wildman–Crippen MR) is 79.8 cm³/mol. The van der Waals surface area contributed by atoms with E-state index in [1.807, 2.05) is 11.9 Å². The van der Waals surface area contributed by atoms with Crippen molar-refractivity contribution in [1.82, 2.24) is 14.9 Å². The summed E-state index contributed by atoms with van der Waals surface area (Å²) in [5.41, 5.74) is 1.08. The second-order valence-electron chi connectivity index (χ2n) is 5.80. The third-order valence-electron chi connectivity index (χ3n) is 4.10. The molecule has 1 aromatic heterocycles. The number of hydrogen-bond donors (Lipinski definition) is 0. The average Bonchev–Trinajstić information content (AvgIpc) is 2.46. The van der Waals surface area contributed by atoms with Crippen molar-refractivity contribution < 1.29 is 4.79 Å². The van der Waals surface area contributed by atoms with Crippen LogP contribution in [0.1, 0.15) is 45.2 Å². The highest BCUT2D eigenvalue weighted by Gasteiger charge is 2.24. The largest absolute Gasteiger partial charge is 0.356 e. The summed E-state index contributed by atoms with van der Waals surface area (Å²) >= 11 is 0. The Morgan fingerprint density at radius 1 is 1.35 bits per heavy atom. The molecular formula is C15H24N4O. The van der Waals surface area contributed by atoms with Gasteiger partial charge >= 0.3 is 0 Å². The lowest BCUT2D eigenvalue weighted by Crippen LogP contribution is -2.45. The molecule has 0 spiro atoms. The maximum absolute atomic E-state index is 11.4. The Bertz CT molecular complexity index is 467. The summed E-state index contributed by atoms with van der Waals surface area (Å²) in [5.74, 6) is 1.57. The van der Waals surface area contributed by atoms with Crippen molar-refractivity contribution in [2.45, 2.75) is 45.6 Å². The number of rotatable bonds is 3. The second kappa shape index (κ2) is 6.20. The molecule has 0 N–H and O–H groups in total. The number of piperidine rings is 1. The Morgan fingerprint density at radius 3 is 2.55 bits per heavy atom. The predicted octanol–water partition coefficient (Wildman–Crippen LogP) is 2.05. The van der Waals surface area contributed by atoms with E-state index in [-0.39, 0.29) is 5.91 Å². The Labute approximate surface area is 121 Å². The third kappa shape index (κ3) is 3.26. The number of anilines is 1. The monoisotopic (exact) mass is 276 g/mol. The molecule has 0 atom stereocenters. The molecule has 0 bridgehead atoms. The van der Waals surface area contributed by atoms with E-state index in [0.717, 1.165) is 37.4 Å². The van der Waals surface area contributed by atoms with Gasteiger partial charge in [-0.05, 0) is 18.8 Å². The molecule has 1 aromatic rings. The summed E-state index contributed by atoms with van der Waals surface area (Å²) < 4.78 is 0. The van der Waals surface area contributed by atoms with Gasteiger partial charge in [0.15, 0.2) is 0 Å². The standard InChI is InChI=1S/C15H24N4O/c1-11(2)14-9-15(17-10-16-14)19-7-5-13(6-8-19)18(4)12(3)20/h9-11,13H,5-8H2,1-4H3. The Hall–Kier alpha value is -1.65. The van der Waals surface area contributed by atoms with E-state index >= 15 is 0 Å². The molecule has 0 radical (unpaired) electrons. The van der Waals surface area contributed by atoms with Crippen molar-refractivity contribution in [3.63, 3.8) is 0 Å². The van der Waals surface area contributed by atoms with Gasteiger partial charge in [0, 0.05) is 44.9 Å². The summed E-state index contributed by atoms with van der Waals surface area (Å²) in [7, 11) is 1.89. The van der Waals surface area contributed by atoms with Gasteiger partial charge in [-0.3, -0.25) is 4.79 Å². The highest BCUT2D eigenvalue weighted by atomic mass is 16.2. The Morgan fingerprint density at radius 2 is 2.00 bits per heavy atom. The van der Waals surface area contributed by atoms with Crippen LogP contribution in [-0.4, -0.2) is 47.0 Å². The number of aromatic nitrogens is 2. The molecule has 1 aliphatic rings. The first-order chi connectivity index (χ1) is 9.49. The van der Waals surface area contributed by atoms with Crippen LogP contribution in [0.25, 0.3) is 0 Å². The first-order valence-corrected chi connectivity index (χ1v) is 7.29. The zero-order valence-electron chi connectivity index (χ0n) is 12.8. The normalized spacial score (nSPS) is 16.6. The van der Waals surface area contributed by atoms with Crippen molar-refractivity contribution in [3.8, 4) is 0 Å². The molecule has 0 aliphatic carbocycles. The molecule has 0 saturated carbocycles. The van der Waals surface area contributed by atoms with Crippen LogP contribution in [0.4, 0.5) is 5.82 Å². The quantitative estimate of drug-likeness (QED) is 0.848. The zero-order chi connectivity index (χ0) is 14.7. The highest BCUT2D eigenvalue weighted by Crippen LogP contribution is 2.22. The fourth-order valence-electron chi connectivity index (χ4n) is 2.59. The van der Waals surface area contributed by atoms with Crippen LogP contribution in [0.3, 0.4) is 0 Å². The maximum Gasteiger partial charge on any atom is 0.219 e. The molecule has 0 aromatic carbocycles. The smallest absolute Gasteiger partial charge is 0.219 e. The topological polar surface area (TPSA) is 49.3 Å². The van der Waals surface area contributed by atoms with Crippen molar-refractivity contribution in [1.29, 1.82) is 0 Å². The molecule has 1 fully saturated rings. The highest BCUT2D eigenvalue weighted by molar-refractivity contribution is 5.73. The first kappa shape index (κ1) is 14.8. The number of amides is 1. The molecule has 2 rings (SSSR count). The Balaban J connectivity index is 2.00. The van der Waals surface area contributed by atoms with Gasteiger partial charge in [-0.25, -0.2) is 9.97 Å². The minimum atomic E-state index is 0.146. The van der Waals surface area contributed by atoms with Crippen LogP contribution in [0, 0.1) is 0 Å². The van der Waals surface area contributed by atoms with E-state index in [0.29, 0.717) is 12.0 Å². The van der Waals surface area contributed by atoms with Gasteiger partial charge < -0.3 is 9.80 Å². The van der Waals surface area contributed by atoms with E-state index in [2.05, 4.69) is 34.8 Å². The fraction of sp³-hybridized carbons (Fsp3) is 0.667. The number of nitrogens with zero attached hydrogens (tertiary/aromatic N) is 4. The van der Waals surface area contributed by atoms with Gasteiger partial charge in [-0.15, -0.1) is 0 Å². The van der Waals surface area contributed by atoms with Crippen LogP contribution >= 0.6 is 0 Å². The number of hydrogen-bond acceptors (Lipinski definition) is 4.